The molecule has 1 aromatic rings. The van der Waals surface area contributed by atoms with E-state index in [0.29, 0.717) is 13.2 Å². The minimum Gasteiger partial charge on any atom is -0.380 e. The SMILES string of the molecule is CCOCCN(CC)C(c1cccc(F)c1)C(N)CC. The van der Waals surface area contributed by atoms with Crippen molar-refractivity contribution in [2.75, 3.05) is 26.3 Å². The lowest BCUT2D eigenvalue weighted by molar-refractivity contribution is 0.0887. The summed E-state index contributed by atoms with van der Waals surface area (Å²) in [6.45, 7) is 9.20. The van der Waals surface area contributed by atoms with Crippen LogP contribution >= 0.6 is 0 Å². The van der Waals surface area contributed by atoms with Gasteiger partial charge in [-0.3, -0.25) is 4.90 Å². The normalized spacial score (nSPS) is 14.5. The van der Waals surface area contributed by atoms with Crippen LogP contribution in [0.5, 0.6) is 0 Å². The molecule has 0 amide bonds. The summed E-state index contributed by atoms with van der Waals surface area (Å²) >= 11 is 0. The lowest BCUT2D eigenvalue weighted by Gasteiger charge is -2.35. The lowest BCUT2D eigenvalue weighted by atomic mass is 9.96. The van der Waals surface area contributed by atoms with Gasteiger partial charge in [-0.2, -0.15) is 0 Å². The molecule has 2 N–H and O–H groups in total. The summed E-state index contributed by atoms with van der Waals surface area (Å²) in [5.74, 6) is -0.211. The molecule has 0 saturated heterocycles. The number of hydrogen-bond acceptors (Lipinski definition) is 3. The Labute approximate surface area is 121 Å². The highest BCUT2D eigenvalue weighted by atomic mass is 19.1. The van der Waals surface area contributed by atoms with E-state index in [1.165, 1.54) is 6.07 Å². The molecule has 0 aromatic heterocycles. The fourth-order valence-electron chi connectivity index (χ4n) is 2.46. The number of rotatable bonds is 9. The molecule has 0 aliphatic heterocycles. The Morgan fingerprint density at radius 3 is 2.60 bits per heavy atom. The minimum atomic E-state index is -0.211. The van der Waals surface area contributed by atoms with Crippen molar-refractivity contribution < 1.29 is 9.13 Å². The second-order valence-corrected chi connectivity index (χ2v) is 4.90. The first-order chi connectivity index (χ1) is 9.63. The lowest BCUT2D eigenvalue weighted by Crippen LogP contribution is -2.42. The third-order valence-electron chi connectivity index (χ3n) is 3.59. The number of hydrogen-bond donors (Lipinski definition) is 1. The van der Waals surface area contributed by atoms with Gasteiger partial charge in [0.2, 0.25) is 0 Å². The number of benzene rings is 1. The Kier molecular flexibility index (Phi) is 7.73. The second-order valence-electron chi connectivity index (χ2n) is 4.90. The van der Waals surface area contributed by atoms with Crippen LogP contribution in [-0.4, -0.2) is 37.2 Å². The Morgan fingerprint density at radius 2 is 2.05 bits per heavy atom. The number of halogens is 1. The van der Waals surface area contributed by atoms with Gasteiger partial charge in [-0.1, -0.05) is 26.0 Å². The summed E-state index contributed by atoms with van der Waals surface area (Å²) in [6, 6.07) is 6.76. The maximum atomic E-state index is 13.5. The molecule has 114 valence electrons. The Morgan fingerprint density at radius 1 is 1.30 bits per heavy atom. The topological polar surface area (TPSA) is 38.5 Å². The number of nitrogens with two attached hydrogens (primary N) is 1. The van der Waals surface area contributed by atoms with Gasteiger partial charge in [-0.25, -0.2) is 4.39 Å². The van der Waals surface area contributed by atoms with Crippen LogP contribution in [-0.2, 0) is 4.74 Å². The molecule has 0 fully saturated rings. The molecule has 0 bridgehead atoms. The molecule has 0 saturated carbocycles. The van der Waals surface area contributed by atoms with Crippen molar-refractivity contribution in [3.63, 3.8) is 0 Å². The predicted molar refractivity (Wildman–Crippen MR) is 81.1 cm³/mol. The standard InChI is InChI=1S/C16H27FN2O/c1-4-15(18)16(13-8-7-9-14(17)12-13)19(5-2)10-11-20-6-3/h7-9,12,15-16H,4-6,10-11,18H2,1-3H3. The van der Waals surface area contributed by atoms with E-state index in [2.05, 4.69) is 18.7 Å². The van der Waals surface area contributed by atoms with Gasteiger partial charge in [0.15, 0.2) is 0 Å². The van der Waals surface area contributed by atoms with E-state index in [1.807, 2.05) is 13.0 Å². The molecule has 1 rings (SSSR count). The van der Waals surface area contributed by atoms with Gasteiger partial charge in [0.25, 0.3) is 0 Å². The quantitative estimate of drug-likeness (QED) is 0.708. The summed E-state index contributed by atoms with van der Waals surface area (Å²) in [5, 5.41) is 0. The van der Waals surface area contributed by atoms with Gasteiger partial charge in [0, 0.05) is 19.2 Å². The maximum Gasteiger partial charge on any atom is 0.123 e. The third-order valence-corrected chi connectivity index (χ3v) is 3.59. The number of nitrogens with zero attached hydrogens (tertiary/aromatic N) is 1. The Balaban J connectivity index is 2.91. The summed E-state index contributed by atoms with van der Waals surface area (Å²) in [5.41, 5.74) is 7.22. The van der Waals surface area contributed by atoms with Gasteiger partial charge in [0.05, 0.1) is 12.6 Å². The molecule has 0 aliphatic carbocycles. The third kappa shape index (κ3) is 4.85. The molecule has 2 atom stereocenters. The number of likely N-dealkylation sites (N-methyl/N-ethyl adjacent to an activating group) is 1. The van der Waals surface area contributed by atoms with Crippen molar-refractivity contribution in [3.05, 3.63) is 35.6 Å². The number of ether oxygens (including phenoxy) is 1. The van der Waals surface area contributed by atoms with Gasteiger partial charge in [-0.15, -0.1) is 0 Å². The van der Waals surface area contributed by atoms with E-state index in [9.17, 15) is 4.39 Å². The molecular weight excluding hydrogens is 255 g/mol. The fraction of sp³-hybridized carbons (Fsp3) is 0.625. The fourth-order valence-corrected chi connectivity index (χ4v) is 2.46. The zero-order valence-electron chi connectivity index (χ0n) is 12.8. The summed E-state index contributed by atoms with van der Waals surface area (Å²) in [6.07, 6.45) is 0.853. The van der Waals surface area contributed by atoms with E-state index < -0.39 is 0 Å². The monoisotopic (exact) mass is 282 g/mol. The molecule has 3 nitrogen and oxygen atoms in total. The van der Waals surface area contributed by atoms with Crippen LogP contribution in [0, 0.1) is 5.82 Å². The van der Waals surface area contributed by atoms with E-state index in [0.717, 1.165) is 25.1 Å². The van der Waals surface area contributed by atoms with E-state index in [-0.39, 0.29) is 17.9 Å². The van der Waals surface area contributed by atoms with Gasteiger partial charge < -0.3 is 10.5 Å². The largest absolute Gasteiger partial charge is 0.380 e. The molecule has 1 aromatic carbocycles. The summed E-state index contributed by atoms with van der Waals surface area (Å²) in [7, 11) is 0. The Hall–Kier alpha value is -0.970. The van der Waals surface area contributed by atoms with Crippen molar-refractivity contribution >= 4 is 0 Å². The molecule has 0 spiro atoms. The average molecular weight is 282 g/mol. The zero-order chi connectivity index (χ0) is 15.0. The second kappa shape index (κ2) is 9.06. The highest BCUT2D eigenvalue weighted by Gasteiger charge is 2.24. The average Bonchev–Trinajstić information content (AvgIpc) is 2.46. The van der Waals surface area contributed by atoms with Crippen LogP contribution in [0.25, 0.3) is 0 Å². The van der Waals surface area contributed by atoms with Crippen LogP contribution in [0.2, 0.25) is 0 Å². The highest BCUT2D eigenvalue weighted by molar-refractivity contribution is 5.22. The van der Waals surface area contributed by atoms with Crippen molar-refractivity contribution in [3.8, 4) is 0 Å². The predicted octanol–water partition coefficient (Wildman–Crippen LogP) is 2.96. The van der Waals surface area contributed by atoms with Gasteiger partial charge in [-0.05, 0) is 37.6 Å². The first-order valence-electron chi connectivity index (χ1n) is 7.46. The zero-order valence-corrected chi connectivity index (χ0v) is 12.8. The van der Waals surface area contributed by atoms with Crippen molar-refractivity contribution in [2.45, 2.75) is 39.3 Å². The Bertz CT molecular complexity index is 386. The first-order valence-corrected chi connectivity index (χ1v) is 7.46. The van der Waals surface area contributed by atoms with E-state index in [1.54, 1.807) is 12.1 Å². The van der Waals surface area contributed by atoms with Crippen LogP contribution in [0.15, 0.2) is 24.3 Å². The van der Waals surface area contributed by atoms with Crippen LogP contribution in [0.4, 0.5) is 4.39 Å². The molecule has 20 heavy (non-hydrogen) atoms. The van der Waals surface area contributed by atoms with Crippen LogP contribution in [0.1, 0.15) is 38.8 Å². The van der Waals surface area contributed by atoms with E-state index in [4.69, 9.17) is 10.5 Å². The van der Waals surface area contributed by atoms with E-state index >= 15 is 0 Å². The smallest absolute Gasteiger partial charge is 0.123 e. The van der Waals surface area contributed by atoms with Crippen LogP contribution in [0.3, 0.4) is 0 Å². The molecule has 4 heteroatoms. The summed E-state index contributed by atoms with van der Waals surface area (Å²) < 4.78 is 18.9. The van der Waals surface area contributed by atoms with Gasteiger partial charge >= 0.3 is 0 Å². The molecule has 0 aliphatic rings. The van der Waals surface area contributed by atoms with Crippen LogP contribution < -0.4 is 5.73 Å². The molecule has 0 radical (unpaired) electrons. The van der Waals surface area contributed by atoms with Crippen molar-refractivity contribution in [1.29, 1.82) is 0 Å². The highest BCUT2D eigenvalue weighted by Crippen LogP contribution is 2.25. The molecule has 0 heterocycles. The van der Waals surface area contributed by atoms with Crippen molar-refractivity contribution in [1.82, 2.24) is 4.90 Å². The van der Waals surface area contributed by atoms with Gasteiger partial charge in [0.1, 0.15) is 5.82 Å². The maximum absolute atomic E-state index is 13.5. The minimum absolute atomic E-state index is 0.0154. The summed E-state index contributed by atoms with van der Waals surface area (Å²) in [4.78, 5) is 2.26. The molecule has 2 unspecified atom stereocenters. The molecular formula is C16H27FN2O. The van der Waals surface area contributed by atoms with Crippen molar-refractivity contribution in [2.24, 2.45) is 5.73 Å². The first kappa shape index (κ1) is 17.1.